The lowest BCUT2D eigenvalue weighted by atomic mass is 9.94. The first-order chi connectivity index (χ1) is 9.98. The number of carboxylic acids is 1. The molecule has 21 heavy (non-hydrogen) atoms. The number of terminal acetylenes is 1. The van der Waals surface area contributed by atoms with Gasteiger partial charge in [-0.1, -0.05) is 31.9 Å². The highest BCUT2D eigenvalue weighted by atomic mass is 32.2. The molecule has 1 aromatic carbocycles. The van der Waals surface area contributed by atoms with Crippen molar-refractivity contribution in [1.82, 2.24) is 5.32 Å². The van der Waals surface area contributed by atoms with E-state index in [-0.39, 0.29) is 17.2 Å². The summed E-state index contributed by atoms with van der Waals surface area (Å²) in [4.78, 5) is 23.7. The molecule has 112 valence electrons. The van der Waals surface area contributed by atoms with E-state index in [0.29, 0.717) is 17.7 Å². The topological polar surface area (TPSA) is 66.4 Å². The molecule has 0 radical (unpaired) electrons. The third-order valence-corrected chi connectivity index (χ3v) is 4.41. The molecule has 0 atom stereocenters. The van der Waals surface area contributed by atoms with Crippen LogP contribution in [-0.4, -0.2) is 28.3 Å². The van der Waals surface area contributed by atoms with Crippen molar-refractivity contribution < 1.29 is 14.7 Å². The van der Waals surface area contributed by atoms with E-state index in [1.807, 2.05) is 13.8 Å². The molecule has 0 unspecified atom stereocenters. The number of carboxylic acid groups (broad SMARTS) is 1. The largest absolute Gasteiger partial charge is 0.478 e. The van der Waals surface area contributed by atoms with Gasteiger partial charge in [0.05, 0.1) is 11.3 Å². The lowest BCUT2D eigenvalue weighted by molar-refractivity contribution is -0.119. The summed E-state index contributed by atoms with van der Waals surface area (Å²) in [5.74, 6) is 1.58. The van der Waals surface area contributed by atoms with E-state index in [0.717, 1.165) is 0 Å². The summed E-state index contributed by atoms with van der Waals surface area (Å²) in [6.45, 7) is 3.85. The van der Waals surface area contributed by atoms with E-state index in [4.69, 9.17) is 11.5 Å². The number of carbonyl (C=O) groups is 2. The van der Waals surface area contributed by atoms with Crippen LogP contribution in [0.15, 0.2) is 29.2 Å². The van der Waals surface area contributed by atoms with E-state index in [1.165, 1.54) is 17.8 Å². The summed E-state index contributed by atoms with van der Waals surface area (Å²) >= 11 is 1.19. The zero-order valence-corrected chi connectivity index (χ0v) is 13.0. The number of hydrogen-bond acceptors (Lipinski definition) is 3. The number of carbonyl (C=O) groups excluding carboxylic acids is 1. The molecule has 0 aliphatic carbocycles. The Morgan fingerprint density at radius 3 is 2.48 bits per heavy atom. The van der Waals surface area contributed by atoms with E-state index < -0.39 is 11.5 Å². The Bertz CT molecular complexity index is 559. The highest BCUT2D eigenvalue weighted by molar-refractivity contribution is 8.00. The van der Waals surface area contributed by atoms with Crippen LogP contribution in [0.1, 0.15) is 37.0 Å². The number of thioether (sulfide) groups is 1. The maximum absolute atomic E-state index is 12.0. The van der Waals surface area contributed by atoms with Crippen LogP contribution < -0.4 is 5.32 Å². The van der Waals surface area contributed by atoms with Gasteiger partial charge in [0.2, 0.25) is 5.91 Å². The number of nitrogens with one attached hydrogen (secondary N) is 1. The number of aromatic carboxylic acids is 1. The molecule has 1 amide bonds. The summed E-state index contributed by atoms with van der Waals surface area (Å²) < 4.78 is 0. The molecule has 4 nitrogen and oxygen atoms in total. The minimum absolute atomic E-state index is 0.133. The summed E-state index contributed by atoms with van der Waals surface area (Å²) in [5, 5.41) is 11.9. The average molecular weight is 305 g/mol. The molecular weight excluding hydrogens is 286 g/mol. The summed E-state index contributed by atoms with van der Waals surface area (Å²) in [7, 11) is 0. The summed E-state index contributed by atoms with van der Waals surface area (Å²) in [5.41, 5.74) is -0.422. The van der Waals surface area contributed by atoms with Crippen molar-refractivity contribution in [2.24, 2.45) is 0 Å². The van der Waals surface area contributed by atoms with Crippen LogP contribution in [0, 0.1) is 12.3 Å². The zero-order chi connectivity index (χ0) is 15.9. The molecule has 0 aliphatic rings. The quantitative estimate of drug-likeness (QED) is 0.600. The SMILES string of the molecule is C#CC(CC)(CC)NC(=O)CSc1ccccc1C(=O)O. The fourth-order valence-corrected chi connectivity index (χ4v) is 2.73. The van der Waals surface area contributed by atoms with Crippen LogP contribution in [0.3, 0.4) is 0 Å². The Morgan fingerprint density at radius 1 is 1.33 bits per heavy atom. The van der Waals surface area contributed by atoms with Gasteiger partial charge in [-0.2, -0.15) is 0 Å². The molecular formula is C16H19NO3S. The first-order valence-corrected chi connectivity index (χ1v) is 7.70. The van der Waals surface area contributed by atoms with Crippen LogP contribution >= 0.6 is 11.8 Å². The first-order valence-electron chi connectivity index (χ1n) is 6.72. The smallest absolute Gasteiger partial charge is 0.336 e. The Balaban J connectivity index is 2.70. The van der Waals surface area contributed by atoms with Gasteiger partial charge < -0.3 is 10.4 Å². The van der Waals surface area contributed by atoms with Gasteiger partial charge in [-0.15, -0.1) is 18.2 Å². The van der Waals surface area contributed by atoms with Crippen LogP contribution in [0.4, 0.5) is 0 Å². The molecule has 0 fully saturated rings. The maximum atomic E-state index is 12.0. The van der Waals surface area contributed by atoms with Crippen molar-refractivity contribution in [1.29, 1.82) is 0 Å². The van der Waals surface area contributed by atoms with Gasteiger partial charge in [-0.25, -0.2) is 4.79 Å². The van der Waals surface area contributed by atoms with Crippen LogP contribution in [0.25, 0.3) is 0 Å². The van der Waals surface area contributed by atoms with E-state index >= 15 is 0 Å². The predicted octanol–water partition coefficient (Wildman–Crippen LogP) is 2.79. The minimum atomic E-state index is -1.00. The van der Waals surface area contributed by atoms with Gasteiger partial charge in [0, 0.05) is 4.90 Å². The van der Waals surface area contributed by atoms with Gasteiger partial charge >= 0.3 is 5.97 Å². The van der Waals surface area contributed by atoms with Crippen LogP contribution in [-0.2, 0) is 4.79 Å². The monoisotopic (exact) mass is 305 g/mol. The van der Waals surface area contributed by atoms with Crippen molar-refractivity contribution in [2.45, 2.75) is 37.1 Å². The Labute approximate surface area is 129 Å². The summed E-state index contributed by atoms with van der Waals surface area (Å²) in [6.07, 6.45) is 6.81. The van der Waals surface area contributed by atoms with Gasteiger partial charge in [-0.3, -0.25) is 4.79 Å². The van der Waals surface area contributed by atoms with E-state index in [1.54, 1.807) is 18.2 Å². The lowest BCUT2D eigenvalue weighted by Gasteiger charge is -2.27. The predicted molar refractivity (Wildman–Crippen MR) is 84.4 cm³/mol. The fraction of sp³-hybridized carbons (Fsp3) is 0.375. The Kier molecular flexibility index (Phi) is 6.32. The molecule has 0 spiro atoms. The van der Waals surface area contributed by atoms with Crippen molar-refractivity contribution in [3.8, 4) is 12.3 Å². The van der Waals surface area contributed by atoms with E-state index in [9.17, 15) is 9.59 Å². The Hall–Kier alpha value is -1.93. The lowest BCUT2D eigenvalue weighted by Crippen LogP contribution is -2.47. The second-order valence-electron chi connectivity index (χ2n) is 4.57. The average Bonchev–Trinajstić information content (AvgIpc) is 2.51. The van der Waals surface area contributed by atoms with Crippen molar-refractivity contribution in [3.05, 3.63) is 29.8 Å². The second kappa shape index (κ2) is 7.75. The number of amides is 1. The molecule has 0 heterocycles. The fourth-order valence-electron chi connectivity index (χ4n) is 1.88. The standard InChI is InChI=1S/C16H19NO3S/c1-4-16(5-2,6-3)17-14(18)11-21-13-10-8-7-9-12(13)15(19)20/h1,7-10H,5-6,11H2,2-3H3,(H,17,18)(H,19,20). The molecule has 0 aromatic heterocycles. The molecule has 2 N–H and O–H groups in total. The molecule has 0 aliphatic heterocycles. The maximum Gasteiger partial charge on any atom is 0.336 e. The van der Waals surface area contributed by atoms with Crippen molar-refractivity contribution >= 4 is 23.6 Å². The number of benzene rings is 1. The van der Waals surface area contributed by atoms with Crippen molar-refractivity contribution in [2.75, 3.05) is 5.75 Å². The van der Waals surface area contributed by atoms with Gasteiger partial charge in [0.25, 0.3) is 0 Å². The van der Waals surface area contributed by atoms with Crippen molar-refractivity contribution in [3.63, 3.8) is 0 Å². The highest BCUT2D eigenvalue weighted by Gasteiger charge is 2.25. The second-order valence-corrected chi connectivity index (χ2v) is 5.59. The molecule has 1 aromatic rings. The highest BCUT2D eigenvalue weighted by Crippen LogP contribution is 2.23. The number of hydrogen-bond donors (Lipinski definition) is 2. The van der Waals surface area contributed by atoms with Gasteiger partial charge in [0.15, 0.2) is 0 Å². The summed E-state index contributed by atoms with van der Waals surface area (Å²) in [6, 6.07) is 6.61. The van der Waals surface area contributed by atoms with Crippen LogP contribution in [0.2, 0.25) is 0 Å². The third kappa shape index (κ3) is 4.54. The van der Waals surface area contributed by atoms with Crippen LogP contribution in [0.5, 0.6) is 0 Å². The third-order valence-electron chi connectivity index (χ3n) is 3.34. The molecule has 5 heteroatoms. The minimum Gasteiger partial charge on any atom is -0.478 e. The normalized spacial score (nSPS) is 10.7. The van der Waals surface area contributed by atoms with Gasteiger partial charge in [0.1, 0.15) is 5.54 Å². The molecule has 0 saturated heterocycles. The number of rotatable bonds is 7. The zero-order valence-electron chi connectivity index (χ0n) is 12.2. The molecule has 1 rings (SSSR count). The Morgan fingerprint density at radius 2 is 1.95 bits per heavy atom. The molecule has 0 saturated carbocycles. The molecule has 0 bridgehead atoms. The van der Waals surface area contributed by atoms with Gasteiger partial charge in [-0.05, 0) is 25.0 Å². The first kappa shape index (κ1) is 17.1. The van der Waals surface area contributed by atoms with E-state index in [2.05, 4.69) is 11.2 Å².